The maximum Gasteiger partial charge on any atom is 0.426 e. The van der Waals surface area contributed by atoms with Crippen LogP contribution in [-0.4, -0.2) is 25.4 Å². The van der Waals surface area contributed by atoms with E-state index in [1.807, 2.05) is 0 Å². The second-order valence-electron chi connectivity index (χ2n) is 8.16. The van der Waals surface area contributed by atoms with Crippen LogP contribution in [0.25, 0.3) is 6.08 Å². The third-order valence-electron chi connectivity index (χ3n) is 5.11. The summed E-state index contributed by atoms with van der Waals surface area (Å²) in [5, 5.41) is 0. The van der Waals surface area contributed by atoms with Crippen LogP contribution < -0.4 is 20.9 Å². The molecular weight excluding hydrogens is 511 g/mol. The number of esters is 1. The van der Waals surface area contributed by atoms with Crippen molar-refractivity contribution in [1.82, 2.24) is 0 Å². The first kappa shape index (κ1) is 28.3. The SMILES string of the molecule is [CH2]C(COC(=O)/C=C/c1ccc(OC(F)(F)c2ccc(OCC(F)(F)F)cc2)cc1)c1ccc(N)cc1N. The highest BCUT2D eigenvalue weighted by Crippen LogP contribution is 2.33. The van der Waals surface area contributed by atoms with Crippen LogP contribution in [0, 0.1) is 6.92 Å². The van der Waals surface area contributed by atoms with Gasteiger partial charge in [0.2, 0.25) is 0 Å². The molecule has 0 saturated carbocycles. The number of alkyl halides is 5. The number of carbonyl (C=O) groups is 1. The number of rotatable bonds is 10. The third kappa shape index (κ3) is 8.39. The lowest BCUT2D eigenvalue weighted by molar-refractivity contribution is -0.185. The van der Waals surface area contributed by atoms with Crippen molar-refractivity contribution in [3.8, 4) is 11.5 Å². The van der Waals surface area contributed by atoms with Crippen molar-refractivity contribution < 1.29 is 41.0 Å². The van der Waals surface area contributed by atoms with Gasteiger partial charge in [-0.1, -0.05) is 18.2 Å². The molecule has 0 aliphatic carbocycles. The fourth-order valence-corrected chi connectivity index (χ4v) is 3.21. The number of benzene rings is 3. The van der Waals surface area contributed by atoms with Gasteiger partial charge < -0.3 is 25.7 Å². The minimum atomic E-state index is -4.54. The van der Waals surface area contributed by atoms with E-state index < -0.39 is 36.3 Å². The molecule has 0 saturated heterocycles. The van der Waals surface area contributed by atoms with Crippen LogP contribution in [0.1, 0.15) is 22.6 Å². The smallest absolute Gasteiger partial charge is 0.426 e. The van der Waals surface area contributed by atoms with Gasteiger partial charge in [0.15, 0.2) is 6.61 Å². The Kier molecular flexibility index (Phi) is 8.82. The Balaban J connectivity index is 1.52. The van der Waals surface area contributed by atoms with E-state index in [1.165, 1.54) is 36.4 Å². The van der Waals surface area contributed by atoms with E-state index in [4.69, 9.17) is 20.9 Å². The number of carbonyl (C=O) groups excluding carboxylic acids is 1. The molecule has 6 nitrogen and oxygen atoms in total. The van der Waals surface area contributed by atoms with Crippen molar-refractivity contribution in [3.63, 3.8) is 0 Å². The molecule has 0 amide bonds. The second kappa shape index (κ2) is 11.8. The average molecular weight is 535 g/mol. The lowest BCUT2D eigenvalue weighted by Crippen LogP contribution is -2.22. The van der Waals surface area contributed by atoms with Gasteiger partial charge in [-0.05, 0) is 72.7 Å². The lowest BCUT2D eigenvalue weighted by atomic mass is 10.00. The molecule has 3 aromatic rings. The Hall–Kier alpha value is -4.28. The molecule has 4 N–H and O–H groups in total. The number of nitrogens with two attached hydrogens (primary N) is 2. The van der Waals surface area contributed by atoms with E-state index in [2.05, 4.69) is 11.7 Å². The van der Waals surface area contributed by atoms with Crippen molar-refractivity contribution in [2.75, 3.05) is 24.7 Å². The Morgan fingerprint density at radius 2 is 1.55 bits per heavy atom. The Morgan fingerprint density at radius 3 is 2.16 bits per heavy atom. The van der Waals surface area contributed by atoms with E-state index >= 15 is 0 Å². The van der Waals surface area contributed by atoms with E-state index in [0.29, 0.717) is 22.5 Å². The molecule has 0 spiro atoms. The first-order valence-corrected chi connectivity index (χ1v) is 11.1. The molecule has 3 aromatic carbocycles. The van der Waals surface area contributed by atoms with Crippen molar-refractivity contribution >= 4 is 23.4 Å². The molecule has 0 fully saturated rings. The van der Waals surface area contributed by atoms with E-state index in [1.54, 1.807) is 18.2 Å². The Bertz CT molecular complexity index is 1260. The van der Waals surface area contributed by atoms with Crippen LogP contribution in [0.3, 0.4) is 0 Å². The van der Waals surface area contributed by atoms with Crippen LogP contribution in [-0.2, 0) is 15.6 Å². The Morgan fingerprint density at radius 1 is 0.921 bits per heavy atom. The number of halogens is 5. The highest BCUT2D eigenvalue weighted by atomic mass is 19.4. The normalized spacial score (nSPS) is 12.8. The summed E-state index contributed by atoms with van der Waals surface area (Å²) in [6.45, 7) is 2.37. The van der Waals surface area contributed by atoms with Crippen LogP contribution in [0.2, 0.25) is 0 Å². The first-order chi connectivity index (χ1) is 17.8. The highest BCUT2D eigenvalue weighted by Gasteiger charge is 2.35. The monoisotopic (exact) mass is 535 g/mol. The molecule has 3 rings (SSSR count). The molecular formula is C27H24F5N2O4. The van der Waals surface area contributed by atoms with Crippen molar-refractivity contribution in [3.05, 3.63) is 96.4 Å². The maximum absolute atomic E-state index is 14.5. The van der Waals surface area contributed by atoms with Gasteiger partial charge in [-0.2, -0.15) is 22.0 Å². The van der Waals surface area contributed by atoms with E-state index in [9.17, 15) is 26.7 Å². The zero-order valence-electron chi connectivity index (χ0n) is 19.9. The van der Waals surface area contributed by atoms with Gasteiger partial charge >= 0.3 is 18.3 Å². The molecule has 201 valence electrons. The van der Waals surface area contributed by atoms with Crippen LogP contribution in [0.5, 0.6) is 11.5 Å². The summed E-state index contributed by atoms with van der Waals surface area (Å²) in [4.78, 5) is 12.0. The van der Waals surface area contributed by atoms with Crippen LogP contribution in [0.15, 0.2) is 72.8 Å². The summed E-state index contributed by atoms with van der Waals surface area (Å²) >= 11 is 0. The Labute approximate surface area is 215 Å². The number of nitrogen functional groups attached to an aromatic ring is 2. The van der Waals surface area contributed by atoms with Gasteiger partial charge in [-0.3, -0.25) is 0 Å². The van der Waals surface area contributed by atoms with Gasteiger partial charge in [0.1, 0.15) is 11.5 Å². The fraction of sp³-hybridized carbons (Fsp3) is 0.185. The predicted octanol–water partition coefficient (Wildman–Crippen LogP) is 6.09. The lowest BCUT2D eigenvalue weighted by Gasteiger charge is -2.19. The van der Waals surface area contributed by atoms with Crippen molar-refractivity contribution in [2.24, 2.45) is 0 Å². The quantitative estimate of drug-likeness (QED) is 0.141. The molecule has 1 radical (unpaired) electrons. The van der Waals surface area contributed by atoms with Crippen molar-refractivity contribution in [1.29, 1.82) is 0 Å². The van der Waals surface area contributed by atoms with E-state index in [-0.39, 0.29) is 18.1 Å². The number of hydrogen-bond acceptors (Lipinski definition) is 6. The molecule has 1 unspecified atom stereocenters. The summed E-state index contributed by atoms with van der Waals surface area (Å²) in [5.74, 6) is -1.43. The molecule has 0 aromatic heterocycles. The zero-order valence-corrected chi connectivity index (χ0v) is 19.9. The summed E-state index contributed by atoms with van der Waals surface area (Å²) in [7, 11) is 0. The molecule has 0 heterocycles. The number of anilines is 2. The molecule has 0 aliphatic rings. The van der Waals surface area contributed by atoms with Crippen LogP contribution in [0.4, 0.5) is 33.3 Å². The van der Waals surface area contributed by atoms with Gasteiger partial charge in [0, 0.05) is 23.4 Å². The predicted molar refractivity (Wildman–Crippen MR) is 132 cm³/mol. The minimum absolute atomic E-state index is 0.0193. The highest BCUT2D eigenvalue weighted by molar-refractivity contribution is 5.87. The van der Waals surface area contributed by atoms with E-state index in [0.717, 1.165) is 24.3 Å². The molecule has 1 atom stereocenters. The molecule has 0 bridgehead atoms. The standard InChI is InChI=1S/C27H24F5N2O4/c1-17(23-12-7-20(33)14-24(23)34)15-36-25(35)13-4-18-2-8-22(9-3-18)38-27(31,32)19-5-10-21(11-6-19)37-16-26(28,29)30/h2-14,17H,1,15-16,33-34H2/b13-4+. The largest absolute Gasteiger partial charge is 0.484 e. The summed E-state index contributed by atoms with van der Waals surface area (Å²) in [6, 6.07) is 14.2. The average Bonchev–Trinajstić information content (AvgIpc) is 2.85. The number of ether oxygens (including phenoxy) is 3. The van der Waals surface area contributed by atoms with Gasteiger partial charge in [-0.15, -0.1) is 0 Å². The molecule has 0 aliphatic heterocycles. The van der Waals surface area contributed by atoms with Gasteiger partial charge in [0.05, 0.1) is 12.2 Å². The summed E-state index contributed by atoms with van der Waals surface area (Å²) in [6.07, 6.45) is -5.70. The number of hydrogen-bond donors (Lipinski definition) is 2. The maximum atomic E-state index is 14.5. The van der Waals surface area contributed by atoms with Gasteiger partial charge in [0.25, 0.3) is 0 Å². The minimum Gasteiger partial charge on any atom is -0.484 e. The first-order valence-electron chi connectivity index (χ1n) is 11.1. The second-order valence-corrected chi connectivity index (χ2v) is 8.16. The van der Waals surface area contributed by atoms with Crippen molar-refractivity contribution in [2.45, 2.75) is 18.2 Å². The van der Waals surface area contributed by atoms with Gasteiger partial charge in [-0.25, -0.2) is 4.79 Å². The molecule has 11 heteroatoms. The summed E-state index contributed by atoms with van der Waals surface area (Å²) in [5.41, 5.74) is 13.1. The topological polar surface area (TPSA) is 96.8 Å². The fourth-order valence-electron chi connectivity index (χ4n) is 3.21. The van der Waals surface area contributed by atoms with Crippen LogP contribution >= 0.6 is 0 Å². The zero-order chi connectivity index (χ0) is 27.9. The molecule has 38 heavy (non-hydrogen) atoms. The third-order valence-corrected chi connectivity index (χ3v) is 5.11. The summed E-state index contributed by atoms with van der Waals surface area (Å²) < 4.78 is 80.0.